The van der Waals surface area contributed by atoms with Gasteiger partial charge in [0.05, 0.1) is 0 Å². The highest BCUT2D eigenvalue weighted by Gasteiger charge is 2.36. The van der Waals surface area contributed by atoms with Crippen molar-refractivity contribution in [3.8, 4) is 22.3 Å². The van der Waals surface area contributed by atoms with E-state index in [0.717, 1.165) is 0 Å². The molecule has 1 aliphatic carbocycles. The smallest absolute Gasteiger partial charge is 0.0159 e. The van der Waals surface area contributed by atoms with Crippen LogP contribution in [0.25, 0.3) is 54.6 Å². The van der Waals surface area contributed by atoms with Crippen LogP contribution >= 0.6 is 0 Å². The molecule has 0 aromatic heterocycles. The fourth-order valence-electron chi connectivity index (χ4n) is 6.60. The van der Waals surface area contributed by atoms with Crippen molar-refractivity contribution in [3.05, 3.63) is 107 Å². The molecule has 0 heteroatoms. The van der Waals surface area contributed by atoms with Gasteiger partial charge in [0, 0.05) is 5.41 Å². The molecule has 0 heterocycles. The second-order valence-electron chi connectivity index (χ2n) is 12.4. The lowest BCUT2D eigenvalue weighted by Crippen LogP contribution is -2.17. The van der Waals surface area contributed by atoms with Gasteiger partial charge in [-0.25, -0.2) is 0 Å². The average Bonchev–Trinajstić information content (AvgIpc) is 3.07. The molecule has 36 heavy (non-hydrogen) atoms. The van der Waals surface area contributed by atoms with Gasteiger partial charge in [0.2, 0.25) is 0 Å². The molecule has 0 bridgehead atoms. The lowest BCUT2D eigenvalue weighted by Gasteiger charge is -2.25. The quantitative estimate of drug-likeness (QED) is 0.212. The summed E-state index contributed by atoms with van der Waals surface area (Å²) in [7, 11) is 0. The van der Waals surface area contributed by atoms with E-state index in [4.69, 9.17) is 0 Å². The zero-order valence-corrected chi connectivity index (χ0v) is 22.1. The van der Waals surface area contributed by atoms with Gasteiger partial charge in [-0.2, -0.15) is 0 Å². The fourth-order valence-corrected chi connectivity index (χ4v) is 6.60. The van der Waals surface area contributed by atoms with Gasteiger partial charge in [-0.3, -0.25) is 0 Å². The molecule has 6 aromatic rings. The van der Waals surface area contributed by atoms with E-state index >= 15 is 0 Å². The van der Waals surface area contributed by atoms with Crippen molar-refractivity contribution < 1.29 is 0 Å². The Hall–Kier alpha value is -3.64. The maximum atomic E-state index is 2.46. The summed E-state index contributed by atoms with van der Waals surface area (Å²) in [6.07, 6.45) is 0. The molecule has 0 aliphatic heterocycles. The minimum Gasteiger partial charge on any atom is -0.0579 e. The Balaban J connectivity index is 1.45. The van der Waals surface area contributed by atoms with Gasteiger partial charge in [0.15, 0.2) is 0 Å². The molecule has 6 aromatic carbocycles. The van der Waals surface area contributed by atoms with Crippen molar-refractivity contribution in [1.82, 2.24) is 0 Å². The summed E-state index contributed by atoms with van der Waals surface area (Å²) in [5.74, 6) is 0. The summed E-state index contributed by atoms with van der Waals surface area (Å²) >= 11 is 0. The second kappa shape index (κ2) is 6.98. The van der Waals surface area contributed by atoms with Crippen LogP contribution in [0.4, 0.5) is 0 Å². The van der Waals surface area contributed by atoms with Crippen molar-refractivity contribution >= 4 is 32.3 Å². The van der Waals surface area contributed by atoms with Crippen LogP contribution in [0.15, 0.2) is 84.9 Å². The number of hydrogen-bond donors (Lipinski definition) is 0. The van der Waals surface area contributed by atoms with Gasteiger partial charge in [0.1, 0.15) is 0 Å². The fraction of sp³-hybridized carbons (Fsp3) is 0.222. The third-order valence-electron chi connectivity index (χ3n) is 8.60. The van der Waals surface area contributed by atoms with Crippen LogP contribution in [-0.2, 0) is 10.8 Å². The Morgan fingerprint density at radius 3 is 1.86 bits per heavy atom. The van der Waals surface area contributed by atoms with E-state index in [1.54, 1.807) is 0 Å². The molecule has 0 saturated heterocycles. The van der Waals surface area contributed by atoms with Crippen LogP contribution in [0.5, 0.6) is 0 Å². The minimum atomic E-state index is -0.0246. The largest absolute Gasteiger partial charge is 0.0579 e. The van der Waals surface area contributed by atoms with Crippen LogP contribution in [0.2, 0.25) is 0 Å². The molecule has 0 atom stereocenters. The zero-order chi connectivity index (χ0) is 25.0. The maximum absolute atomic E-state index is 2.46. The summed E-state index contributed by atoms with van der Waals surface area (Å²) in [6.45, 7) is 13.9. The molecule has 176 valence electrons. The molecule has 7 rings (SSSR count). The molecule has 0 N–H and O–H groups in total. The SMILES string of the molecule is Cc1cc2ccc3ccc(-c4ccc5c(c4)C(C)(C)c4cc(C(C)(C)C)ccc4-5)c4ccc(c1)c2c34. The van der Waals surface area contributed by atoms with Gasteiger partial charge < -0.3 is 0 Å². The van der Waals surface area contributed by atoms with E-state index in [2.05, 4.69) is 126 Å². The van der Waals surface area contributed by atoms with Crippen molar-refractivity contribution in [2.24, 2.45) is 0 Å². The van der Waals surface area contributed by atoms with Gasteiger partial charge in [-0.1, -0.05) is 113 Å². The lowest BCUT2D eigenvalue weighted by atomic mass is 9.78. The third-order valence-corrected chi connectivity index (χ3v) is 8.60. The van der Waals surface area contributed by atoms with Crippen LogP contribution in [0.1, 0.15) is 56.9 Å². The van der Waals surface area contributed by atoms with E-state index in [1.165, 1.54) is 76.8 Å². The Morgan fingerprint density at radius 1 is 0.556 bits per heavy atom. The first-order valence-corrected chi connectivity index (χ1v) is 13.1. The molecule has 0 saturated carbocycles. The Kier molecular flexibility index (Phi) is 4.19. The number of aryl methyl sites for hydroxylation is 1. The lowest BCUT2D eigenvalue weighted by molar-refractivity contribution is 0.584. The van der Waals surface area contributed by atoms with Gasteiger partial charge in [-0.05, 0) is 95.2 Å². The molecule has 0 amide bonds. The highest BCUT2D eigenvalue weighted by molar-refractivity contribution is 6.25. The predicted octanol–water partition coefficient (Wildman–Crippen LogP) is 10.2. The number of benzene rings is 6. The molecule has 1 aliphatic rings. The summed E-state index contributed by atoms with van der Waals surface area (Å²) in [4.78, 5) is 0. The first-order valence-electron chi connectivity index (χ1n) is 13.1. The molecular weight excluding hydrogens is 432 g/mol. The van der Waals surface area contributed by atoms with E-state index in [0.29, 0.717) is 0 Å². The summed E-state index contributed by atoms with van der Waals surface area (Å²) in [6, 6.07) is 32.7. The Labute approximate surface area is 213 Å². The number of fused-ring (bicyclic) bond motifs is 3. The first kappa shape index (κ1) is 21.6. The molecule has 0 nitrogen and oxygen atoms in total. The van der Waals surface area contributed by atoms with Crippen LogP contribution in [0.3, 0.4) is 0 Å². The molecule has 0 radical (unpaired) electrons. The zero-order valence-electron chi connectivity index (χ0n) is 22.1. The van der Waals surface area contributed by atoms with Crippen LogP contribution in [0, 0.1) is 6.92 Å². The Morgan fingerprint density at radius 2 is 1.14 bits per heavy atom. The second-order valence-corrected chi connectivity index (χ2v) is 12.4. The van der Waals surface area contributed by atoms with Crippen molar-refractivity contribution in [3.63, 3.8) is 0 Å². The van der Waals surface area contributed by atoms with Crippen LogP contribution in [-0.4, -0.2) is 0 Å². The first-order chi connectivity index (χ1) is 17.1. The highest BCUT2D eigenvalue weighted by Crippen LogP contribution is 2.51. The monoisotopic (exact) mass is 464 g/mol. The number of rotatable bonds is 1. The van der Waals surface area contributed by atoms with E-state index in [1.807, 2.05) is 0 Å². The molecule has 0 unspecified atom stereocenters. The average molecular weight is 465 g/mol. The van der Waals surface area contributed by atoms with E-state index in [-0.39, 0.29) is 10.8 Å². The number of hydrogen-bond acceptors (Lipinski definition) is 0. The topological polar surface area (TPSA) is 0 Å². The van der Waals surface area contributed by atoms with Gasteiger partial charge in [0.25, 0.3) is 0 Å². The summed E-state index contributed by atoms with van der Waals surface area (Å²) in [5.41, 5.74) is 11.1. The maximum Gasteiger partial charge on any atom is 0.0159 e. The van der Waals surface area contributed by atoms with Crippen molar-refractivity contribution in [1.29, 1.82) is 0 Å². The summed E-state index contributed by atoms with van der Waals surface area (Å²) < 4.78 is 0. The molecular formula is C36H32. The van der Waals surface area contributed by atoms with E-state index < -0.39 is 0 Å². The van der Waals surface area contributed by atoms with Crippen molar-refractivity contribution in [2.75, 3.05) is 0 Å². The molecule has 0 spiro atoms. The van der Waals surface area contributed by atoms with Crippen molar-refractivity contribution in [2.45, 2.75) is 52.4 Å². The highest BCUT2D eigenvalue weighted by atomic mass is 14.4. The van der Waals surface area contributed by atoms with E-state index in [9.17, 15) is 0 Å². The third kappa shape index (κ3) is 2.88. The van der Waals surface area contributed by atoms with Gasteiger partial charge in [-0.15, -0.1) is 0 Å². The van der Waals surface area contributed by atoms with Gasteiger partial charge >= 0.3 is 0 Å². The minimum absolute atomic E-state index is 0.0246. The molecule has 0 fully saturated rings. The standard InChI is InChI=1S/C36H32/c1-21-17-24-8-7-22-9-13-27(30-15-11-25(18-21)33(24)34(22)30)23-10-14-28-29-16-12-26(35(2,3)4)20-32(29)36(5,6)31(28)19-23/h7-20H,1-6H3. The normalized spacial score (nSPS) is 14.6. The predicted molar refractivity (Wildman–Crippen MR) is 157 cm³/mol. The summed E-state index contributed by atoms with van der Waals surface area (Å²) in [5, 5.41) is 8.11. The Bertz CT molecular complexity index is 1820. The van der Waals surface area contributed by atoms with Crippen LogP contribution < -0.4 is 0 Å².